The predicted octanol–water partition coefficient (Wildman–Crippen LogP) is 2.60. The van der Waals surface area contributed by atoms with Crippen molar-refractivity contribution in [3.63, 3.8) is 0 Å². The molecule has 2 aromatic carbocycles. The molecule has 6 heteroatoms. The first kappa shape index (κ1) is 24.6. The molecule has 0 amide bonds. The second-order valence-corrected chi connectivity index (χ2v) is 6.85. The van der Waals surface area contributed by atoms with Crippen LogP contribution in [0.4, 0.5) is 0 Å². The third-order valence-electron chi connectivity index (χ3n) is 3.93. The summed E-state index contributed by atoms with van der Waals surface area (Å²) in [5.41, 5.74) is 1.52. The van der Waals surface area contributed by atoms with Crippen molar-refractivity contribution in [2.75, 3.05) is 0 Å². The fourth-order valence-electron chi connectivity index (χ4n) is 2.78. The molecule has 0 atom stereocenters. The van der Waals surface area contributed by atoms with E-state index in [-0.39, 0.29) is 31.0 Å². The van der Waals surface area contributed by atoms with E-state index in [9.17, 15) is 0 Å². The number of benzene rings is 2. The maximum Gasteiger partial charge on any atom is 1.00 e. The van der Waals surface area contributed by atoms with Crippen molar-refractivity contribution in [1.29, 1.82) is 0 Å². The van der Waals surface area contributed by atoms with Gasteiger partial charge >= 0.3 is 40.0 Å². The van der Waals surface area contributed by atoms with Crippen molar-refractivity contribution >= 4 is 21.2 Å². The monoisotopic (exact) mass is 376 g/mol. The molecule has 2 aromatic rings. The molecule has 0 fully saturated rings. The Kier molecular flexibility index (Phi) is 13.5. The molecule has 0 saturated heterocycles. The van der Waals surface area contributed by atoms with Crippen molar-refractivity contribution in [2.24, 2.45) is 0 Å². The summed E-state index contributed by atoms with van der Waals surface area (Å²) in [5.74, 6) is 0. The Morgan fingerprint density at radius 2 is 1.36 bits per heavy atom. The Balaban J connectivity index is 0. The molecule has 0 aliphatic carbocycles. The van der Waals surface area contributed by atoms with E-state index in [2.05, 4.69) is 49.4 Å². The van der Waals surface area contributed by atoms with Gasteiger partial charge in [0.15, 0.2) is 0 Å². The van der Waals surface area contributed by atoms with Crippen LogP contribution in [0.5, 0.6) is 0 Å². The Hall–Kier alpha value is -0.430. The fraction of sp³-hybridized carbons (Fsp3) is 0.474. The van der Waals surface area contributed by atoms with Gasteiger partial charge in [-0.05, 0) is 29.2 Å². The molecule has 0 radical (unpaired) electrons. The summed E-state index contributed by atoms with van der Waals surface area (Å²) >= 11 is 0. The van der Waals surface area contributed by atoms with Crippen LogP contribution in [0.1, 0.15) is 58.9 Å². The van der Waals surface area contributed by atoms with E-state index in [1.807, 2.05) is 0 Å². The molecule has 0 unspecified atom stereocenters. The standard InChI is InChI=1S/C19H26.Na.H2O4S.H/c1-2-3-4-5-6-7-8-12-17-14-11-15-18-13-9-10-16-19(17)18;;1-5(2,3)4;/h9-11,13-16H,2-8,12H2,1H3;;(H2,1,2,3,4);/q;+1;;-1. The molecule has 0 heterocycles. The van der Waals surface area contributed by atoms with Gasteiger partial charge in [-0.25, -0.2) is 0 Å². The van der Waals surface area contributed by atoms with Crippen molar-refractivity contribution < 1.29 is 48.5 Å². The van der Waals surface area contributed by atoms with E-state index in [1.54, 1.807) is 0 Å². The first-order valence-corrected chi connectivity index (χ1v) is 9.98. The van der Waals surface area contributed by atoms with Crippen molar-refractivity contribution in [2.45, 2.75) is 58.3 Å². The second-order valence-electron chi connectivity index (χ2n) is 5.96. The smallest absolute Gasteiger partial charge is 1.00 e. The minimum absolute atomic E-state index is 0. The summed E-state index contributed by atoms with van der Waals surface area (Å²) in [6.45, 7) is 2.28. The quantitative estimate of drug-likeness (QED) is 0.422. The average molecular weight is 376 g/mol. The van der Waals surface area contributed by atoms with E-state index in [0.717, 1.165) is 0 Å². The Bertz CT molecular complexity index is 694. The minimum Gasteiger partial charge on any atom is -1.00 e. The predicted molar refractivity (Wildman–Crippen MR) is 101 cm³/mol. The zero-order valence-electron chi connectivity index (χ0n) is 16.3. The number of hydrogen-bond donors (Lipinski definition) is 2. The molecule has 4 nitrogen and oxygen atoms in total. The third-order valence-corrected chi connectivity index (χ3v) is 3.93. The largest absolute Gasteiger partial charge is 1.00 e. The van der Waals surface area contributed by atoms with Crippen LogP contribution < -0.4 is 29.6 Å². The molecular weight excluding hydrogens is 347 g/mol. The van der Waals surface area contributed by atoms with Crippen LogP contribution >= 0.6 is 0 Å². The van der Waals surface area contributed by atoms with Crippen LogP contribution in [-0.2, 0) is 16.8 Å². The van der Waals surface area contributed by atoms with Crippen molar-refractivity contribution in [3.05, 3.63) is 48.0 Å². The van der Waals surface area contributed by atoms with Crippen LogP contribution in [0.2, 0.25) is 0 Å². The molecule has 0 aromatic heterocycles. The summed E-state index contributed by atoms with van der Waals surface area (Å²) in [6.07, 6.45) is 10.9. The SMILES string of the molecule is CCCCCCCCCc1cccc2ccccc12.O=S(=O)(O)O.[H-].[Na+]. The molecule has 136 valence electrons. The van der Waals surface area contributed by atoms with Gasteiger partial charge in [0.2, 0.25) is 0 Å². The summed E-state index contributed by atoms with van der Waals surface area (Å²) in [7, 11) is -4.67. The van der Waals surface area contributed by atoms with E-state index >= 15 is 0 Å². The van der Waals surface area contributed by atoms with E-state index in [0.29, 0.717) is 0 Å². The number of unbranched alkanes of at least 4 members (excludes halogenated alkanes) is 6. The third kappa shape index (κ3) is 12.5. The van der Waals surface area contributed by atoms with Gasteiger partial charge in [-0.2, -0.15) is 8.42 Å². The maximum absolute atomic E-state index is 8.74. The number of hydrogen-bond acceptors (Lipinski definition) is 2. The van der Waals surface area contributed by atoms with Gasteiger partial charge in [-0.3, -0.25) is 9.11 Å². The van der Waals surface area contributed by atoms with Crippen LogP contribution in [0.3, 0.4) is 0 Å². The molecule has 2 N–H and O–H groups in total. The van der Waals surface area contributed by atoms with Crippen molar-refractivity contribution in [1.82, 2.24) is 0 Å². The van der Waals surface area contributed by atoms with Gasteiger partial charge in [-0.15, -0.1) is 0 Å². The van der Waals surface area contributed by atoms with Gasteiger partial charge in [0.25, 0.3) is 0 Å². The Morgan fingerprint density at radius 3 is 2.00 bits per heavy atom. The number of rotatable bonds is 8. The minimum atomic E-state index is -4.67. The molecule has 2 rings (SSSR count). The molecule has 25 heavy (non-hydrogen) atoms. The summed E-state index contributed by atoms with van der Waals surface area (Å²) < 4.78 is 31.6. The average Bonchev–Trinajstić information content (AvgIpc) is 2.52. The van der Waals surface area contributed by atoms with Gasteiger partial charge in [0.1, 0.15) is 0 Å². The number of aryl methyl sites for hydroxylation is 1. The van der Waals surface area contributed by atoms with Gasteiger partial charge < -0.3 is 1.43 Å². The zero-order valence-corrected chi connectivity index (χ0v) is 18.1. The maximum atomic E-state index is 8.74. The summed E-state index contributed by atoms with van der Waals surface area (Å²) in [6, 6.07) is 15.4. The first-order valence-electron chi connectivity index (χ1n) is 8.58. The molecule has 0 aliphatic heterocycles. The van der Waals surface area contributed by atoms with Crippen LogP contribution in [0.15, 0.2) is 42.5 Å². The van der Waals surface area contributed by atoms with E-state index < -0.39 is 10.4 Å². The second kappa shape index (κ2) is 13.7. The van der Waals surface area contributed by atoms with Crippen molar-refractivity contribution in [3.8, 4) is 0 Å². The van der Waals surface area contributed by atoms with E-state index in [4.69, 9.17) is 17.5 Å². The summed E-state index contributed by atoms with van der Waals surface area (Å²) in [5, 5.41) is 2.82. The Labute approximate surface area is 175 Å². The van der Waals surface area contributed by atoms with Crippen LogP contribution in [0.25, 0.3) is 10.8 Å². The normalized spacial score (nSPS) is 10.7. The molecule has 0 saturated carbocycles. The zero-order chi connectivity index (χ0) is 17.8. The van der Waals surface area contributed by atoms with Gasteiger partial charge in [0.05, 0.1) is 0 Å². The van der Waals surface area contributed by atoms with Crippen LogP contribution in [-0.4, -0.2) is 17.5 Å². The molecular formula is C19H29NaO4S. The van der Waals surface area contributed by atoms with Gasteiger partial charge in [0, 0.05) is 0 Å². The molecule has 0 spiro atoms. The van der Waals surface area contributed by atoms with Crippen LogP contribution in [0, 0.1) is 0 Å². The number of fused-ring (bicyclic) bond motifs is 1. The molecule has 0 bridgehead atoms. The van der Waals surface area contributed by atoms with E-state index in [1.165, 1.54) is 67.7 Å². The van der Waals surface area contributed by atoms with Gasteiger partial charge in [-0.1, -0.05) is 87.9 Å². The summed E-state index contributed by atoms with van der Waals surface area (Å²) in [4.78, 5) is 0. The topological polar surface area (TPSA) is 74.6 Å². The fourth-order valence-corrected chi connectivity index (χ4v) is 2.78. The Morgan fingerprint density at radius 1 is 0.840 bits per heavy atom. The first-order chi connectivity index (χ1) is 11.4. The molecule has 0 aliphatic rings.